The van der Waals surface area contributed by atoms with Gasteiger partial charge in [-0.25, -0.2) is 4.39 Å². The predicted octanol–water partition coefficient (Wildman–Crippen LogP) is 3.24. The fourth-order valence-electron chi connectivity index (χ4n) is 3.22. The molecule has 3 aromatic rings. The molecule has 9 nitrogen and oxygen atoms in total. The number of nitrogens with one attached hydrogen (secondary N) is 1. The van der Waals surface area contributed by atoms with Crippen LogP contribution >= 0.6 is 11.5 Å². The summed E-state index contributed by atoms with van der Waals surface area (Å²) in [4.78, 5) is 40.1. The number of nitrogens with zero attached hydrogens (tertiary/aromatic N) is 2. The molecule has 180 valence electrons. The van der Waals surface area contributed by atoms with Gasteiger partial charge in [-0.2, -0.15) is 4.37 Å². The molecule has 3 amide bonds. The van der Waals surface area contributed by atoms with Gasteiger partial charge in [0.05, 0.1) is 18.5 Å². The minimum atomic E-state index is -1.16. The van der Waals surface area contributed by atoms with Crippen LogP contribution < -0.4 is 16.8 Å². The molecule has 0 fully saturated rings. The van der Waals surface area contributed by atoms with E-state index < -0.39 is 35.1 Å². The van der Waals surface area contributed by atoms with Crippen molar-refractivity contribution in [2.45, 2.75) is 45.3 Å². The molecule has 0 aliphatic heterocycles. The van der Waals surface area contributed by atoms with Crippen LogP contribution in [0, 0.1) is 5.82 Å². The maximum atomic E-state index is 13.7. The zero-order valence-corrected chi connectivity index (χ0v) is 19.8. The minimum Gasteiger partial charge on any atom is -0.467 e. The molecule has 2 aromatic heterocycles. The molecule has 0 unspecified atom stereocenters. The molecular formula is C23H26FN5O4S. The first kappa shape index (κ1) is 24.9. The van der Waals surface area contributed by atoms with E-state index in [0.29, 0.717) is 29.3 Å². The lowest BCUT2D eigenvalue weighted by Gasteiger charge is -2.34. The highest BCUT2D eigenvalue weighted by molar-refractivity contribution is 7.09. The third-order valence-corrected chi connectivity index (χ3v) is 6.26. The zero-order chi connectivity index (χ0) is 25.0. The Morgan fingerprint density at radius 1 is 1.24 bits per heavy atom. The van der Waals surface area contributed by atoms with Crippen molar-refractivity contribution in [3.63, 3.8) is 0 Å². The van der Waals surface area contributed by atoms with Crippen LogP contribution in [0.5, 0.6) is 0 Å². The molecule has 2 heterocycles. The summed E-state index contributed by atoms with van der Waals surface area (Å²) in [5.41, 5.74) is 10.7. The van der Waals surface area contributed by atoms with Crippen LogP contribution in [-0.2, 0) is 11.3 Å². The molecule has 0 spiro atoms. The van der Waals surface area contributed by atoms with E-state index in [1.54, 1.807) is 12.1 Å². The third-order valence-electron chi connectivity index (χ3n) is 5.41. The van der Waals surface area contributed by atoms with Crippen LogP contribution in [-0.4, -0.2) is 32.5 Å². The quantitative estimate of drug-likeness (QED) is 0.423. The van der Waals surface area contributed by atoms with Gasteiger partial charge in [-0.05, 0) is 61.6 Å². The molecular weight excluding hydrogens is 461 g/mol. The number of hydrogen-bond donors (Lipinski definition) is 3. The highest BCUT2D eigenvalue weighted by Crippen LogP contribution is 2.31. The molecule has 5 N–H and O–H groups in total. The molecule has 1 atom stereocenters. The molecule has 0 bridgehead atoms. The lowest BCUT2D eigenvalue weighted by molar-refractivity contribution is -0.127. The second-order valence-corrected chi connectivity index (χ2v) is 9.10. The average molecular weight is 488 g/mol. The number of anilines is 1. The second kappa shape index (κ2) is 10.0. The number of carbonyl (C=O) groups is 3. The van der Waals surface area contributed by atoms with Crippen LogP contribution in [0.1, 0.15) is 64.7 Å². The summed E-state index contributed by atoms with van der Waals surface area (Å²) in [5.74, 6) is -2.09. The summed E-state index contributed by atoms with van der Waals surface area (Å²) < 4.78 is 23.0. The number of carbonyl (C=O) groups excluding carboxylic acids is 3. The number of furan rings is 1. The predicted molar refractivity (Wildman–Crippen MR) is 125 cm³/mol. The Balaban J connectivity index is 2.13. The average Bonchev–Trinajstić information content (AvgIpc) is 3.43. The fourth-order valence-corrected chi connectivity index (χ4v) is 3.98. The highest BCUT2D eigenvalue weighted by atomic mass is 32.1. The Morgan fingerprint density at radius 2 is 1.91 bits per heavy atom. The first-order chi connectivity index (χ1) is 16.0. The monoisotopic (exact) mass is 487 g/mol. The second-order valence-electron chi connectivity index (χ2n) is 8.33. The van der Waals surface area contributed by atoms with Crippen molar-refractivity contribution >= 4 is 34.9 Å². The topological polar surface area (TPSA) is 145 Å². The van der Waals surface area contributed by atoms with Gasteiger partial charge < -0.3 is 26.1 Å². The Hall–Kier alpha value is -3.73. The molecule has 3 rings (SSSR count). The molecule has 0 aliphatic carbocycles. The van der Waals surface area contributed by atoms with Crippen LogP contribution in [0.3, 0.4) is 0 Å². The van der Waals surface area contributed by atoms with Gasteiger partial charge in [-0.15, -0.1) is 0 Å². The molecule has 34 heavy (non-hydrogen) atoms. The Bertz CT molecular complexity index is 1170. The molecule has 1 aromatic carbocycles. The Kier molecular flexibility index (Phi) is 7.35. The largest absolute Gasteiger partial charge is 0.467 e. The van der Waals surface area contributed by atoms with Crippen LogP contribution in [0.25, 0.3) is 0 Å². The summed E-state index contributed by atoms with van der Waals surface area (Å²) in [5, 5.41) is 2.95. The summed E-state index contributed by atoms with van der Waals surface area (Å²) in [6, 6.07) is 7.43. The highest BCUT2D eigenvalue weighted by Gasteiger charge is 2.37. The number of nitrogen functional groups attached to an aromatic ring is 1. The summed E-state index contributed by atoms with van der Waals surface area (Å²) >= 11 is 0.709. The van der Waals surface area contributed by atoms with E-state index in [-0.39, 0.29) is 22.8 Å². The lowest BCUT2D eigenvalue weighted by atomic mass is 9.98. The zero-order valence-electron chi connectivity index (χ0n) is 19.0. The summed E-state index contributed by atoms with van der Waals surface area (Å²) in [6.07, 6.45) is 2.07. The number of aromatic nitrogens is 1. The van der Waals surface area contributed by atoms with E-state index in [1.807, 2.05) is 20.8 Å². The number of nitrogens with two attached hydrogens (primary N) is 2. The number of halogens is 1. The molecule has 0 radical (unpaired) electrons. The minimum absolute atomic E-state index is 0.0463. The Labute approximate surface area is 200 Å². The van der Waals surface area contributed by atoms with E-state index >= 15 is 0 Å². The van der Waals surface area contributed by atoms with Gasteiger partial charge in [0.1, 0.15) is 22.5 Å². The van der Waals surface area contributed by atoms with Gasteiger partial charge in [0.25, 0.3) is 11.8 Å². The summed E-state index contributed by atoms with van der Waals surface area (Å²) in [7, 11) is 0. The van der Waals surface area contributed by atoms with Gasteiger partial charge in [-0.1, -0.05) is 19.1 Å². The number of amides is 3. The van der Waals surface area contributed by atoms with Crippen LogP contribution in [0.15, 0.2) is 47.1 Å². The van der Waals surface area contributed by atoms with E-state index in [0.717, 1.165) is 0 Å². The number of rotatable bonds is 9. The van der Waals surface area contributed by atoms with Crippen molar-refractivity contribution in [2.24, 2.45) is 5.73 Å². The van der Waals surface area contributed by atoms with Crippen LogP contribution in [0.4, 0.5) is 10.1 Å². The van der Waals surface area contributed by atoms with Gasteiger partial charge in [0, 0.05) is 5.54 Å². The maximum Gasteiger partial charge on any atom is 0.270 e. The molecule has 0 aliphatic rings. The first-order valence-electron chi connectivity index (χ1n) is 10.5. The lowest BCUT2D eigenvalue weighted by Crippen LogP contribution is -2.50. The van der Waals surface area contributed by atoms with E-state index in [1.165, 1.54) is 35.4 Å². The van der Waals surface area contributed by atoms with E-state index in [9.17, 15) is 18.8 Å². The van der Waals surface area contributed by atoms with Crippen molar-refractivity contribution in [3.8, 4) is 0 Å². The molecule has 0 saturated heterocycles. The molecule has 11 heteroatoms. The van der Waals surface area contributed by atoms with Crippen molar-refractivity contribution in [2.75, 3.05) is 5.73 Å². The number of benzene rings is 1. The smallest absolute Gasteiger partial charge is 0.270 e. The maximum absolute atomic E-state index is 13.7. The normalized spacial score (nSPS) is 12.2. The standard InChI is InChI=1S/C23H26FN5O4S/c1-4-23(2,3)27-21(31)18(13-7-9-14(24)10-8-13)29(12-15-6-5-11-33-15)22(32)19-16(25)17(20(26)30)28-34-19/h5-11,18H,4,12,25H2,1-3H3,(H2,26,30)(H,27,31)/t18-/m0/s1. The van der Waals surface area contributed by atoms with Gasteiger partial charge in [0.15, 0.2) is 5.69 Å². The van der Waals surface area contributed by atoms with Crippen molar-refractivity contribution in [1.29, 1.82) is 0 Å². The molecule has 0 saturated carbocycles. The van der Waals surface area contributed by atoms with Crippen LogP contribution in [0.2, 0.25) is 0 Å². The Morgan fingerprint density at radius 3 is 2.44 bits per heavy atom. The fraction of sp³-hybridized carbons (Fsp3) is 0.304. The van der Waals surface area contributed by atoms with Crippen molar-refractivity contribution < 1.29 is 23.2 Å². The third kappa shape index (κ3) is 5.42. The van der Waals surface area contributed by atoms with Gasteiger partial charge >= 0.3 is 0 Å². The number of primary amides is 1. The summed E-state index contributed by atoms with van der Waals surface area (Å²) in [6.45, 7) is 5.52. The van der Waals surface area contributed by atoms with E-state index in [4.69, 9.17) is 15.9 Å². The van der Waals surface area contributed by atoms with Gasteiger partial charge in [0.2, 0.25) is 5.91 Å². The number of hydrogen-bond acceptors (Lipinski definition) is 7. The first-order valence-corrected chi connectivity index (χ1v) is 11.3. The van der Waals surface area contributed by atoms with Gasteiger partial charge in [-0.3, -0.25) is 14.4 Å². The van der Waals surface area contributed by atoms with E-state index in [2.05, 4.69) is 9.69 Å². The van der Waals surface area contributed by atoms with Crippen molar-refractivity contribution in [3.05, 3.63) is 70.4 Å². The SMILES string of the molecule is CCC(C)(C)NC(=O)[C@H](c1ccc(F)cc1)N(Cc1ccco1)C(=O)c1snc(C(N)=O)c1N. The van der Waals surface area contributed by atoms with Crippen molar-refractivity contribution in [1.82, 2.24) is 14.6 Å².